The van der Waals surface area contributed by atoms with Gasteiger partial charge in [0.15, 0.2) is 0 Å². The molecule has 0 unspecified atom stereocenters. The quantitative estimate of drug-likeness (QED) is 0.600. The molecule has 2 heterocycles. The molecule has 1 aliphatic rings. The highest BCUT2D eigenvalue weighted by Gasteiger charge is 2.28. The highest BCUT2D eigenvalue weighted by atomic mass is 16.5. The molecule has 30 heavy (non-hydrogen) atoms. The van der Waals surface area contributed by atoms with Gasteiger partial charge in [-0.1, -0.05) is 17.6 Å². The molecule has 1 aromatic carbocycles. The molecule has 1 fully saturated rings. The van der Waals surface area contributed by atoms with Crippen LogP contribution in [-0.2, 0) is 19.5 Å². The lowest BCUT2D eigenvalue weighted by atomic mass is 9.97. The lowest BCUT2D eigenvalue weighted by Gasteiger charge is -2.20. The molecular formula is C24H32N4O2. The fraction of sp³-hybridized carbons (Fsp3) is 0.500. The second-order valence-electron chi connectivity index (χ2n) is 8.55. The number of aromatic nitrogens is 3. The van der Waals surface area contributed by atoms with Crippen molar-refractivity contribution in [1.82, 2.24) is 20.3 Å². The number of nitrogens with one attached hydrogen (secondary N) is 1. The first-order chi connectivity index (χ1) is 14.5. The second-order valence-corrected chi connectivity index (χ2v) is 8.55. The number of ether oxygens (including phenoxy) is 1. The van der Waals surface area contributed by atoms with E-state index in [1.165, 1.54) is 24.8 Å². The minimum absolute atomic E-state index is 0.511. The van der Waals surface area contributed by atoms with Gasteiger partial charge in [-0.25, -0.2) is 0 Å². The summed E-state index contributed by atoms with van der Waals surface area (Å²) in [6.45, 7) is 7.66. The summed E-state index contributed by atoms with van der Waals surface area (Å²) in [6, 6.07) is 11.1. The van der Waals surface area contributed by atoms with Gasteiger partial charge < -0.3 is 14.6 Å². The van der Waals surface area contributed by atoms with Crippen LogP contribution in [-0.4, -0.2) is 28.1 Å². The van der Waals surface area contributed by atoms with Crippen LogP contribution < -0.4 is 10.1 Å². The Morgan fingerprint density at radius 1 is 1.13 bits per heavy atom. The molecule has 4 rings (SSSR count). The number of benzene rings is 1. The second kappa shape index (κ2) is 9.04. The predicted octanol–water partition coefficient (Wildman–Crippen LogP) is 4.35. The molecule has 2 aromatic heterocycles. The van der Waals surface area contributed by atoms with Gasteiger partial charge in [0, 0.05) is 36.3 Å². The molecule has 0 saturated heterocycles. The van der Waals surface area contributed by atoms with Crippen molar-refractivity contribution < 1.29 is 9.26 Å². The molecule has 1 aliphatic carbocycles. The van der Waals surface area contributed by atoms with Crippen LogP contribution >= 0.6 is 0 Å². The Hall–Kier alpha value is -2.60. The first-order valence-electron chi connectivity index (χ1n) is 10.8. The maximum Gasteiger partial charge on any atom is 0.137 e. The molecule has 3 aromatic rings. The fourth-order valence-electron chi connectivity index (χ4n) is 4.63. The Bertz CT molecular complexity index is 991. The monoisotopic (exact) mass is 408 g/mol. The summed E-state index contributed by atoms with van der Waals surface area (Å²) >= 11 is 0. The normalized spacial score (nSPS) is 18.8. The summed E-state index contributed by atoms with van der Waals surface area (Å²) in [6.07, 6.45) is 4.68. The number of hydrogen-bond acceptors (Lipinski definition) is 5. The van der Waals surface area contributed by atoms with E-state index in [0.29, 0.717) is 18.5 Å². The largest absolute Gasteiger partial charge is 0.496 e. The molecule has 0 radical (unpaired) electrons. The van der Waals surface area contributed by atoms with Gasteiger partial charge >= 0.3 is 0 Å². The van der Waals surface area contributed by atoms with Gasteiger partial charge in [-0.15, -0.1) is 0 Å². The van der Waals surface area contributed by atoms with Gasteiger partial charge in [0.05, 0.1) is 25.0 Å². The molecule has 0 aliphatic heterocycles. The van der Waals surface area contributed by atoms with Crippen molar-refractivity contribution >= 4 is 0 Å². The van der Waals surface area contributed by atoms with Crippen LogP contribution in [0.3, 0.4) is 0 Å². The summed E-state index contributed by atoms with van der Waals surface area (Å²) in [7, 11) is 1.73. The van der Waals surface area contributed by atoms with E-state index in [9.17, 15) is 0 Å². The predicted molar refractivity (Wildman–Crippen MR) is 117 cm³/mol. The van der Waals surface area contributed by atoms with Crippen LogP contribution in [0.2, 0.25) is 0 Å². The Kier molecular flexibility index (Phi) is 6.23. The van der Waals surface area contributed by atoms with E-state index in [-0.39, 0.29) is 0 Å². The van der Waals surface area contributed by atoms with Crippen molar-refractivity contribution in [1.29, 1.82) is 0 Å². The van der Waals surface area contributed by atoms with Crippen molar-refractivity contribution in [3.05, 3.63) is 64.3 Å². The van der Waals surface area contributed by atoms with Crippen molar-refractivity contribution in [2.24, 2.45) is 5.92 Å². The summed E-state index contributed by atoms with van der Waals surface area (Å²) in [5.74, 6) is 2.51. The molecule has 0 bridgehead atoms. The van der Waals surface area contributed by atoms with Gasteiger partial charge in [0.1, 0.15) is 11.5 Å². The third-order valence-corrected chi connectivity index (χ3v) is 6.14. The van der Waals surface area contributed by atoms with Gasteiger partial charge in [0.25, 0.3) is 0 Å². The maximum absolute atomic E-state index is 5.60. The molecule has 160 valence electrons. The molecular weight excluding hydrogens is 376 g/mol. The van der Waals surface area contributed by atoms with Crippen LogP contribution in [0.4, 0.5) is 0 Å². The zero-order chi connectivity index (χ0) is 21.1. The summed E-state index contributed by atoms with van der Waals surface area (Å²) < 4.78 is 13.1. The van der Waals surface area contributed by atoms with Crippen LogP contribution in [0, 0.1) is 26.7 Å². The van der Waals surface area contributed by atoms with Crippen LogP contribution in [0.1, 0.15) is 53.2 Å². The van der Waals surface area contributed by atoms with E-state index < -0.39 is 0 Å². The maximum atomic E-state index is 5.60. The van der Waals surface area contributed by atoms with E-state index in [2.05, 4.69) is 52.8 Å². The summed E-state index contributed by atoms with van der Waals surface area (Å²) in [5, 5.41) is 12.4. The number of nitrogens with zero attached hydrogens (tertiary/aromatic N) is 3. The van der Waals surface area contributed by atoms with Gasteiger partial charge in [0.2, 0.25) is 0 Å². The first-order valence-corrected chi connectivity index (χ1v) is 10.8. The SMILES string of the molecule is COc1ccc(CN[C@@H]2CCC[C@H]2Cc2cc(C)no2)cc1Cn1nc(C)cc1C. The Labute approximate surface area is 178 Å². The highest BCUT2D eigenvalue weighted by Crippen LogP contribution is 2.30. The van der Waals surface area contributed by atoms with Crippen molar-refractivity contribution in [3.8, 4) is 5.75 Å². The van der Waals surface area contributed by atoms with E-state index in [4.69, 9.17) is 9.26 Å². The molecule has 0 amide bonds. The lowest BCUT2D eigenvalue weighted by molar-refractivity contribution is 0.329. The minimum atomic E-state index is 0.511. The number of aryl methyl sites for hydroxylation is 3. The fourth-order valence-corrected chi connectivity index (χ4v) is 4.63. The van der Waals surface area contributed by atoms with E-state index >= 15 is 0 Å². The molecule has 1 N–H and O–H groups in total. The Balaban J connectivity index is 1.42. The average molecular weight is 409 g/mol. The number of methoxy groups -OCH3 is 1. The zero-order valence-electron chi connectivity index (χ0n) is 18.4. The molecule has 2 atom stereocenters. The first kappa shape index (κ1) is 20.7. The van der Waals surface area contributed by atoms with Crippen LogP contribution in [0.25, 0.3) is 0 Å². The molecule has 0 spiro atoms. The Morgan fingerprint density at radius 2 is 2.00 bits per heavy atom. The smallest absolute Gasteiger partial charge is 0.137 e. The average Bonchev–Trinajstić information content (AvgIpc) is 3.42. The highest BCUT2D eigenvalue weighted by molar-refractivity contribution is 5.37. The van der Waals surface area contributed by atoms with Gasteiger partial charge in [-0.3, -0.25) is 4.68 Å². The van der Waals surface area contributed by atoms with Crippen molar-refractivity contribution in [2.45, 2.75) is 65.6 Å². The molecule has 6 heteroatoms. The topological polar surface area (TPSA) is 65.1 Å². The van der Waals surface area contributed by atoms with E-state index in [1.54, 1.807) is 7.11 Å². The van der Waals surface area contributed by atoms with Crippen molar-refractivity contribution in [2.75, 3.05) is 7.11 Å². The van der Waals surface area contributed by atoms with Crippen molar-refractivity contribution in [3.63, 3.8) is 0 Å². The van der Waals surface area contributed by atoms with Crippen LogP contribution in [0.5, 0.6) is 5.75 Å². The van der Waals surface area contributed by atoms with Gasteiger partial charge in [-0.05, 0) is 63.3 Å². The van der Waals surface area contributed by atoms with Gasteiger partial charge in [-0.2, -0.15) is 5.10 Å². The molecule has 6 nitrogen and oxygen atoms in total. The minimum Gasteiger partial charge on any atom is -0.496 e. The summed E-state index contributed by atoms with van der Waals surface area (Å²) in [4.78, 5) is 0. The number of rotatable bonds is 8. The van der Waals surface area contributed by atoms with E-state index in [1.807, 2.05) is 18.5 Å². The standard InChI is InChI=1S/C24H32N4O2/c1-16-10-18(3)28(26-16)15-21-12-19(8-9-24(21)29-4)14-25-23-7-5-6-20(23)13-22-11-17(2)27-30-22/h8-12,20,23,25H,5-7,13-15H2,1-4H3/t20-,23+/m0/s1. The third-order valence-electron chi connectivity index (χ3n) is 6.14. The summed E-state index contributed by atoms with van der Waals surface area (Å²) in [5.41, 5.74) is 5.59. The third kappa shape index (κ3) is 4.75. The van der Waals surface area contributed by atoms with E-state index in [0.717, 1.165) is 47.1 Å². The zero-order valence-corrected chi connectivity index (χ0v) is 18.4. The van der Waals surface area contributed by atoms with Crippen LogP contribution in [0.15, 0.2) is 34.9 Å². The number of hydrogen-bond donors (Lipinski definition) is 1. The molecule has 1 saturated carbocycles. The Morgan fingerprint density at radius 3 is 2.70 bits per heavy atom. The lowest BCUT2D eigenvalue weighted by Crippen LogP contribution is -2.32.